The van der Waals surface area contributed by atoms with Gasteiger partial charge >= 0.3 is 0 Å². The van der Waals surface area contributed by atoms with Crippen LogP contribution < -0.4 is 4.90 Å². The molecule has 27 heavy (non-hydrogen) atoms. The Bertz CT molecular complexity index is 984. The minimum atomic E-state index is 0.584. The number of benzene rings is 2. The Labute approximate surface area is 165 Å². The summed E-state index contributed by atoms with van der Waals surface area (Å²) in [5.41, 5.74) is 2.33. The molecule has 2 aromatic carbocycles. The van der Waals surface area contributed by atoms with Crippen LogP contribution in [0.2, 0.25) is 0 Å². The summed E-state index contributed by atoms with van der Waals surface area (Å²) in [4.78, 5) is 19.7. The Kier molecular flexibility index (Phi) is 6.26. The molecule has 0 aliphatic carbocycles. The molecule has 0 saturated heterocycles. The molecule has 3 rings (SSSR count). The van der Waals surface area contributed by atoms with E-state index in [0.29, 0.717) is 11.1 Å². The third-order valence-corrected chi connectivity index (χ3v) is 5.77. The molecular weight excluding hydrogens is 352 g/mol. The largest absolute Gasteiger partial charge is 0.348 e. The third-order valence-electron chi connectivity index (χ3n) is 4.66. The summed E-state index contributed by atoms with van der Waals surface area (Å²) in [6, 6.07) is 9.95. The van der Waals surface area contributed by atoms with E-state index in [1.807, 2.05) is 30.5 Å². The number of terminal acetylenes is 1. The first-order valence-electron chi connectivity index (χ1n) is 9.41. The number of carbonyl (C=O) groups excluding carboxylic acids is 1. The van der Waals surface area contributed by atoms with E-state index in [-0.39, 0.29) is 0 Å². The van der Waals surface area contributed by atoms with E-state index >= 15 is 0 Å². The maximum absolute atomic E-state index is 11.5. The number of anilines is 1. The lowest BCUT2D eigenvalue weighted by Gasteiger charge is -2.20. The van der Waals surface area contributed by atoms with Gasteiger partial charge in [0.25, 0.3) is 0 Å². The zero-order chi connectivity index (χ0) is 19.2. The van der Waals surface area contributed by atoms with Gasteiger partial charge in [0.1, 0.15) is 0 Å². The molecule has 1 heterocycles. The Morgan fingerprint density at radius 3 is 2.74 bits per heavy atom. The molecule has 3 nitrogen and oxygen atoms in total. The number of rotatable bonds is 8. The summed E-state index contributed by atoms with van der Waals surface area (Å²) in [5.74, 6) is 2.58. The van der Waals surface area contributed by atoms with Crippen LogP contribution in [-0.2, 0) is 0 Å². The molecule has 0 saturated carbocycles. The predicted octanol–water partition coefficient (Wildman–Crippen LogP) is 5.77. The van der Waals surface area contributed by atoms with Crippen LogP contribution in [0.3, 0.4) is 0 Å². The van der Waals surface area contributed by atoms with Gasteiger partial charge in [-0.25, -0.2) is 4.98 Å². The molecule has 0 N–H and O–H groups in total. The predicted molar refractivity (Wildman–Crippen MR) is 116 cm³/mol. The Hall–Kier alpha value is -2.64. The maximum Gasteiger partial charge on any atom is 0.185 e. The van der Waals surface area contributed by atoms with Crippen LogP contribution >= 0.6 is 11.3 Å². The van der Waals surface area contributed by atoms with E-state index < -0.39 is 0 Å². The summed E-state index contributed by atoms with van der Waals surface area (Å²) in [6.07, 6.45) is 11.8. The molecule has 0 fully saturated rings. The van der Waals surface area contributed by atoms with Crippen molar-refractivity contribution < 1.29 is 4.79 Å². The molecule has 3 aromatic rings. The standard InChI is InChI=1S/C23H24N2OS/c1-4-7-13-25(12-5-2)23-24-15-22(27-23)19-10-11-20-18(14-19)9-8-17(6-3)21(20)16-26/h3,8-11,14-16H,4-5,7,12-13H2,1-2H3. The van der Waals surface area contributed by atoms with Crippen molar-refractivity contribution in [1.82, 2.24) is 4.98 Å². The fourth-order valence-corrected chi connectivity index (χ4v) is 4.19. The SMILES string of the molecule is C#Cc1ccc2cc(-c3cnc(N(CCC)CCCC)s3)ccc2c1C=O. The van der Waals surface area contributed by atoms with Gasteiger partial charge in [0.15, 0.2) is 11.4 Å². The lowest BCUT2D eigenvalue weighted by Crippen LogP contribution is -2.24. The number of thiazole rings is 1. The average molecular weight is 377 g/mol. The molecule has 0 atom stereocenters. The highest BCUT2D eigenvalue weighted by Gasteiger charge is 2.12. The fraction of sp³-hybridized carbons (Fsp3) is 0.304. The van der Waals surface area contributed by atoms with Crippen molar-refractivity contribution in [2.24, 2.45) is 0 Å². The second kappa shape index (κ2) is 8.83. The molecule has 0 spiro atoms. The fourth-order valence-electron chi connectivity index (χ4n) is 3.23. The third kappa shape index (κ3) is 4.04. The molecule has 0 aliphatic rings. The normalized spacial score (nSPS) is 10.7. The minimum Gasteiger partial charge on any atom is -0.348 e. The Morgan fingerprint density at radius 1 is 1.19 bits per heavy atom. The van der Waals surface area contributed by atoms with Crippen molar-refractivity contribution in [2.75, 3.05) is 18.0 Å². The number of hydrogen-bond donors (Lipinski definition) is 0. The van der Waals surface area contributed by atoms with Crippen LogP contribution in [0.25, 0.3) is 21.2 Å². The van der Waals surface area contributed by atoms with Crippen molar-refractivity contribution in [1.29, 1.82) is 0 Å². The monoisotopic (exact) mass is 376 g/mol. The maximum atomic E-state index is 11.5. The number of aromatic nitrogens is 1. The second-order valence-electron chi connectivity index (χ2n) is 6.57. The van der Waals surface area contributed by atoms with E-state index in [1.54, 1.807) is 11.3 Å². The highest BCUT2D eigenvalue weighted by Crippen LogP contribution is 2.34. The molecule has 0 aliphatic heterocycles. The van der Waals surface area contributed by atoms with E-state index in [4.69, 9.17) is 6.42 Å². The Morgan fingerprint density at radius 2 is 2.04 bits per heavy atom. The van der Waals surface area contributed by atoms with Crippen LogP contribution in [-0.4, -0.2) is 24.4 Å². The van der Waals surface area contributed by atoms with E-state index in [9.17, 15) is 4.79 Å². The number of unbranched alkanes of at least 4 members (excludes halogenated alkanes) is 1. The summed E-state index contributed by atoms with van der Waals surface area (Å²) in [5, 5.41) is 2.99. The van der Waals surface area contributed by atoms with Crippen molar-refractivity contribution >= 4 is 33.5 Å². The van der Waals surface area contributed by atoms with Crippen LogP contribution in [0.5, 0.6) is 0 Å². The number of aldehydes is 1. The zero-order valence-electron chi connectivity index (χ0n) is 15.9. The molecule has 0 unspecified atom stereocenters. The first-order chi connectivity index (χ1) is 13.2. The van der Waals surface area contributed by atoms with Gasteiger partial charge in [-0.3, -0.25) is 4.79 Å². The number of nitrogens with zero attached hydrogens (tertiary/aromatic N) is 2. The molecule has 0 amide bonds. The summed E-state index contributed by atoms with van der Waals surface area (Å²) in [6.45, 7) is 6.49. The first kappa shape index (κ1) is 19.1. The van der Waals surface area contributed by atoms with Gasteiger partial charge in [-0.15, -0.1) is 6.42 Å². The van der Waals surface area contributed by atoms with Gasteiger partial charge < -0.3 is 4.90 Å². The van der Waals surface area contributed by atoms with Gasteiger partial charge in [0.05, 0.1) is 4.88 Å². The quantitative estimate of drug-likeness (QED) is 0.369. The van der Waals surface area contributed by atoms with Gasteiger partial charge in [0.2, 0.25) is 0 Å². The van der Waals surface area contributed by atoms with Crippen molar-refractivity contribution in [3.63, 3.8) is 0 Å². The van der Waals surface area contributed by atoms with Gasteiger partial charge in [-0.1, -0.05) is 55.7 Å². The van der Waals surface area contributed by atoms with Crippen molar-refractivity contribution in [2.45, 2.75) is 33.1 Å². The molecule has 1 aromatic heterocycles. The van der Waals surface area contributed by atoms with Crippen LogP contribution in [0.1, 0.15) is 49.0 Å². The van der Waals surface area contributed by atoms with Crippen LogP contribution in [0.4, 0.5) is 5.13 Å². The minimum absolute atomic E-state index is 0.584. The van der Waals surface area contributed by atoms with E-state index in [1.165, 1.54) is 12.8 Å². The molecule has 138 valence electrons. The number of hydrogen-bond acceptors (Lipinski definition) is 4. The molecule has 4 heteroatoms. The summed E-state index contributed by atoms with van der Waals surface area (Å²) in [7, 11) is 0. The van der Waals surface area contributed by atoms with Gasteiger partial charge in [-0.05, 0) is 41.3 Å². The van der Waals surface area contributed by atoms with E-state index in [0.717, 1.165) is 52.1 Å². The molecular formula is C23H24N2OS. The summed E-state index contributed by atoms with van der Waals surface area (Å²) >= 11 is 1.72. The van der Waals surface area contributed by atoms with Gasteiger partial charge in [0, 0.05) is 30.4 Å². The Balaban J connectivity index is 1.95. The highest BCUT2D eigenvalue weighted by atomic mass is 32.1. The highest BCUT2D eigenvalue weighted by molar-refractivity contribution is 7.18. The molecule has 0 bridgehead atoms. The van der Waals surface area contributed by atoms with E-state index in [2.05, 4.69) is 35.7 Å². The lowest BCUT2D eigenvalue weighted by molar-refractivity contribution is 0.112. The average Bonchev–Trinajstić information content (AvgIpc) is 3.19. The van der Waals surface area contributed by atoms with Crippen molar-refractivity contribution in [3.05, 3.63) is 47.7 Å². The van der Waals surface area contributed by atoms with Crippen LogP contribution in [0.15, 0.2) is 36.5 Å². The topological polar surface area (TPSA) is 33.2 Å². The van der Waals surface area contributed by atoms with Crippen LogP contribution in [0, 0.1) is 12.3 Å². The second-order valence-corrected chi connectivity index (χ2v) is 7.58. The number of carbonyl (C=O) groups is 1. The summed E-state index contributed by atoms with van der Waals surface area (Å²) < 4.78 is 0. The first-order valence-corrected chi connectivity index (χ1v) is 10.2. The smallest absolute Gasteiger partial charge is 0.185 e. The van der Waals surface area contributed by atoms with Crippen molar-refractivity contribution in [3.8, 4) is 22.8 Å². The number of fused-ring (bicyclic) bond motifs is 1. The zero-order valence-corrected chi connectivity index (χ0v) is 16.7. The molecule has 0 radical (unpaired) electrons. The lowest BCUT2D eigenvalue weighted by atomic mass is 9.98. The van der Waals surface area contributed by atoms with Gasteiger partial charge in [-0.2, -0.15) is 0 Å².